The fourth-order valence-electron chi connectivity index (χ4n) is 3.27. The third-order valence-electron chi connectivity index (χ3n) is 4.89. The number of carbonyl (C=O) groups is 1. The number of nitrogens with zero attached hydrogens (tertiary/aromatic N) is 4. The molecule has 0 atom stereocenters. The van der Waals surface area contributed by atoms with Crippen LogP contribution in [-0.2, 0) is 11.3 Å². The molecular formula is C25H17ClN4O3. The summed E-state index contributed by atoms with van der Waals surface area (Å²) in [5.74, 6) is 0.00712. The molecule has 0 aliphatic carbocycles. The molecule has 5 aromatic rings. The Kier molecular flexibility index (Phi) is 5.70. The molecule has 3 aromatic carbocycles. The van der Waals surface area contributed by atoms with E-state index in [2.05, 4.69) is 15.3 Å². The zero-order valence-electron chi connectivity index (χ0n) is 17.3. The summed E-state index contributed by atoms with van der Waals surface area (Å²) in [6.07, 6.45) is 1.64. The Labute approximate surface area is 194 Å². The van der Waals surface area contributed by atoms with Gasteiger partial charge in [-0.05, 0) is 36.4 Å². The third-order valence-corrected chi connectivity index (χ3v) is 5.14. The van der Waals surface area contributed by atoms with Crippen molar-refractivity contribution in [3.05, 3.63) is 108 Å². The van der Waals surface area contributed by atoms with Crippen LogP contribution in [0.4, 0.5) is 0 Å². The first-order valence-electron chi connectivity index (χ1n) is 10.1. The van der Waals surface area contributed by atoms with Gasteiger partial charge < -0.3 is 9.15 Å². The van der Waals surface area contributed by atoms with Crippen molar-refractivity contribution in [2.24, 2.45) is 0 Å². The number of hydrogen-bond acceptors (Lipinski definition) is 6. The van der Waals surface area contributed by atoms with Gasteiger partial charge >= 0.3 is 5.97 Å². The molecule has 0 saturated heterocycles. The van der Waals surface area contributed by atoms with E-state index in [4.69, 9.17) is 20.8 Å². The summed E-state index contributed by atoms with van der Waals surface area (Å²) >= 11 is 6.03. The van der Waals surface area contributed by atoms with Gasteiger partial charge in [-0.3, -0.25) is 0 Å². The molecule has 0 aliphatic heterocycles. The predicted octanol–water partition coefficient (Wildman–Crippen LogP) is 5.60. The van der Waals surface area contributed by atoms with E-state index in [1.165, 1.54) is 0 Å². The zero-order chi connectivity index (χ0) is 22.6. The number of esters is 1. The Bertz CT molecular complexity index is 1380. The summed E-state index contributed by atoms with van der Waals surface area (Å²) in [6.45, 7) is -0.157. The van der Waals surface area contributed by atoms with Gasteiger partial charge in [0, 0.05) is 22.3 Å². The monoisotopic (exact) mass is 456 g/mol. The van der Waals surface area contributed by atoms with E-state index in [-0.39, 0.29) is 12.5 Å². The molecule has 0 radical (unpaired) electrons. The Hall–Kier alpha value is -4.23. The smallest absolute Gasteiger partial charge is 0.342 e. The molecule has 2 heterocycles. The van der Waals surface area contributed by atoms with E-state index in [9.17, 15) is 4.79 Å². The minimum absolute atomic E-state index is 0.157. The van der Waals surface area contributed by atoms with Crippen LogP contribution in [0.25, 0.3) is 28.4 Å². The van der Waals surface area contributed by atoms with Crippen molar-refractivity contribution < 1.29 is 13.9 Å². The topological polar surface area (TPSA) is 83.0 Å². The summed E-state index contributed by atoms with van der Waals surface area (Å²) in [7, 11) is 0. The SMILES string of the molecule is O=C(OCc1nnc(-c2ccccc2)o1)c1cn(-c2ccccc2)nc1-c1ccc(Cl)cc1. The molecule has 33 heavy (non-hydrogen) atoms. The fraction of sp³-hybridized carbons (Fsp3) is 0.0400. The summed E-state index contributed by atoms with van der Waals surface area (Å²) in [6, 6.07) is 26.0. The number of halogens is 1. The highest BCUT2D eigenvalue weighted by atomic mass is 35.5. The lowest BCUT2D eigenvalue weighted by atomic mass is 10.1. The van der Waals surface area contributed by atoms with Crippen molar-refractivity contribution in [3.8, 4) is 28.4 Å². The number of para-hydroxylation sites is 1. The van der Waals surface area contributed by atoms with Crippen LogP contribution < -0.4 is 0 Å². The molecule has 2 aromatic heterocycles. The lowest BCUT2D eigenvalue weighted by molar-refractivity contribution is 0.0439. The van der Waals surface area contributed by atoms with Gasteiger partial charge in [0.1, 0.15) is 11.3 Å². The van der Waals surface area contributed by atoms with Crippen molar-refractivity contribution in [1.82, 2.24) is 20.0 Å². The first-order chi connectivity index (χ1) is 16.2. The number of benzene rings is 3. The maximum atomic E-state index is 13.0. The lowest BCUT2D eigenvalue weighted by Gasteiger charge is -2.03. The fourth-order valence-corrected chi connectivity index (χ4v) is 3.40. The molecule has 0 fully saturated rings. The standard InChI is InChI=1S/C25H17ClN4O3/c26-19-13-11-17(12-14-19)23-21(15-30(29-23)20-9-5-2-6-10-20)25(31)32-16-22-27-28-24(33-22)18-7-3-1-4-8-18/h1-15H,16H2. The highest BCUT2D eigenvalue weighted by Gasteiger charge is 2.21. The number of ether oxygens (including phenoxy) is 1. The third kappa shape index (κ3) is 4.53. The van der Waals surface area contributed by atoms with E-state index in [1.54, 1.807) is 35.1 Å². The number of hydrogen-bond donors (Lipinski definition) is 0. The van der Waals surface area contributed by atoms with Crippen molar-refractivity contribution in [2.75, 3.05) is 0 Å². The molecule has 0 bridgehead atoms. The number of aromatic nitrogens is 4. The highest BCUT2D eigenvalue weighted by Crippen LogP contribution is 2.26. The van der Waals surface area contributed by atoms with Crippen LogP contribution in [0.5, 0.6) is 0 Å². The molecule has 162 valence electrons. The van der Waals surface area contributed by atoms with Crippen LogP contribution in [0.15, 0.2) is 95.5 Å². The quantitative estimate of drug-likeness (QED) is 0.309. The van der Waals surface area contributed by atoms with Gasteiger partial charge in [0.25, 0.3) is 5.89 Å². The van der Waals surface area contributed by atoms with E-state index >= 15 is 0 Å². The number of rotatable bonds is 6. The Balaban J connectivity index is 1.40. The lowest BCUT2D eigenvalue weighted by Crippen LogP contribution is -2.06. The average molecular weight is 457 g/mol. The summed E-state index contributed by atoms with van der Waals surface area (Å²) in [4.78, 5) is 13.0. The van der Waals surface area contributed by atoms with Crippen molar-refractivity contribution in [2.45, 2.75) is 6.61 Å². The Morgan fingerprint density at radius 1 is 0.879 bits per heavy atom. The summed E-state index contributed by atoms with van der Waals surface area (Å²) in [5, 5.41) is 13.2. The van der Waals surface area contributed by atoms with Crippen LogP contribution >= 0.6 is 11.6 Å². The van der Waals surface area contributed by atoms with Gasteiger partial charge in [0.15, 0.2) is 6.61 Å². The van der Waals surface area contributed by atoms with E-state index in [1.807, 2.05) is 60.7 Å². The van der Waals surface area contributed by atoms with E-state index in [0.717, 1.165) is 16.8 Å². The molecule has 8 heteroatoms. The van der Waals surface area contributed by atoms with Crippen LogP contribution in [0.3, 0.4) is 0 Å². The average Bonchev–Trinajstić information content (AvgIpc) is 3.52. The first kappa shape index (κ1) is 20.7. The zero-order valence-corrected chi connectivity index (χ0v) is 18.0. The maximum absolute atomic E-state index is 13.0. The summed E-state index contributed by atoms with van der Waals surface area (Å²) < 4.78 is 12.7. The van der Waals surface area contributed by atoms with Crippen LogP contribution in [0, 0.1) is 0 Å². The molecule has 0 N–H and O–H groups in total. The minimum Gasteiger partial charge on any atom is -0.452 e. The van der Waals surface area contributed by atoms with Crippen molar-refractivity contribution in [1.29, 1.82) is 0 Å². The molecule has 7 nitrogen and oxygen atoms in total. The van der Waals surface area contributed by atoms with Crippen molar-refractivity contribution >= 4 is 17.6 Å². The molecule has 0 aliphatic rings. The van der Waals surface area contributed by atoms with Crippen LogP contribution in [0.2, 0.25) is 5.02 Å². The second-order valence-corrected chi connectivity index (χ2v) is 7.56. The van der Waals surface area contributed by atoms with Gasteiger partial charge in [-0.2, -0.15) is 5.10 Å². The minimum atomic E-state index is -0.554. The van der Waals surface area contributed by atoms with Crippen molar-refractivity contribution in [3.63, 3.8) is 0 Å². The highest BCUT2D eigenvalue weighted by molar-refractivity contribution is 6.30. The number of carbonyl (C=O) groups excluding carboxylic acids is 1. The van der Waals surface area contributed by atoms with Gasteiger partial charge in [-0.1, -0.05) is 60.1 Å². The second-order valence-electron chi connectivity index (χ2n) is 7.12. The Morgan fingerprint density at radius 2 is 1.58 bits per heavy atom. The first-order valence-corrected chi connectivity index (χ1v) is 10.5. The van der Waals surface area contributed by atoms with Gasteiger partial charge in [-0.25, -0.2) is 9.48 Å². The molecule has 0 saturated carbocycles. The largest absolute Gasteiger partial charge is 0.452 e. The van der Waals surface area contributed by atoms with Gasteiger partial charge in [-0.15, -0.1) is 10.2 Å². The Morgan fingerprint density at radius 3 is 2.30 bits per heavy atom. The molecule has 0 spiro atoms. The molecule has 0 amide bonds. The van der Waals surface area contributed by atoms with E-state index < -0.39 is 5.97 Å². The predicted molar refractivity (Wildman–Crippen MR) is 123 cm³/mol. The molecular weight excluding hydrogens is 440 g/mol. The van der Waals surface area contributed by atoms with Gasteiger partial charge in [0.2, 0.25) is 5.89 Å². The van der Waals surface area contributed by atoms with Crippen LogP contribution in [-0.4, -0.2) is 25.9 Å². The second kappa shape index (κ2) is 9.10. The van der Waals surface area contributed by atoms with E-state index in [0.29, 0.717) is 22.2 Å². The normalized spacial score (nSPS) is 10.8. The maximum Gasteiger partial charge on any atom is 0.342 e. The molecule has 5 rings (SSSR count). The summed E-state index contributed by atoms with van der Waals surface area (Å²) in [5.41, 5.74) is 3.14. The van der Waals surface area contributed by atoms with Crippen LogP contribution in [0.1, 0.15) is 16.2 Å². The molecule has 0 unspecified atom stereocenters. The van der Waals surface area contributed by atoms with Gasteiger partial charge in [0.05, 0.1) is 5.69 Å².